The number of carboxylic acids is 1. The Morgan fingerprint density at radius 3 is 2.44 bits per heavy atom. The molecule has 1 rings (SSSR count). The molecule has 0 radical (unpaired) electrons. The third-order valence-electron chi connectivity index (χ3n) is 2.66. The molecule has 0 heterocycles. The molecule has 0 aromatic heterocycles. The predicted molar refractivity (Wildman–Crippen MR) is 67.4 cm³/mol. The van der Waals surface area contributed by atoms with Crippen molar-refractivity contribution in [3.05, 3.63) is 30.3 Å². The molecule has 2 N–H and O–H groups in total. The minimum absolute atomic E-state index is 0.232. The van der Waals surface area contributed by atoms with Gasteiger partial charge in [0.1, 0.15) is 0 Å². The monoisotopic (exact) mass is 251 g/mol. The zero-order valence-electron chi connectivity index (χ0n) is 10.4. The summed E-state index contributed by atoms with van der Waals surface area (Å²) in [5.41, 5.74) is 0.566. The van der Waals surface area contributed by atoms with E-state index < -0.39 is 18.2 Å². The minimum Gasteiger partial charge on any atom is -0.478 e. The first-order valence-electron chi connectivity index (χ1n) is 5.80. The number of rotatable bonds is 5. The quantitative estimate of drug-likeness (QED) is 0.843. The molecule has 0 saturated heterocycles. The van der Waals surface area contributed by atoms with Gasteiger partial charge in [-0.1, -0.05) is 32.0 Å². The van der Waals surface area contributed by atoms with Crippen LogP contribution >= 0.6 is 0 Å². The Morgan fingerprint density at radius 2 is 1.94 bits per heavy atom. The topological polar surface area (TPSA) is 75.6 Å². The molecular formula is C13H17NO4. The maximum Gasteiger partial charge on any atom is 0.412 e. The summed E-state index contributed by atoms with van der Waals surface area (Å²) in [5, 5.41) is 11.5. The first kappa shape index (κ1) is 14.0. The molecule has 0 aliphatic rings. The van der Waals surface area contributed by atoms with Crippen LogP contribution in [0.25, 0.3) is 0 Å². The fourth-order valence-electron chi connectivity index (χ4n) is 1.41. The van der Waals surface area contributed by atoms with Crippen LogP contribution in [0.5, 0.6) is 0 Å². The second kappa shape index (κ2) is 6.64. The maximum atomic E-state index is 11.6. The van der Waals surface area contributed by atoms with Gasteiger partial charge < -0.3 is 9.84 Å². The number of carbonyl (C=O) groups excluding carboxylic acids is 1. The zero-order chi connectivity index (χ0) is 13.5. The number of anilines is 1. The third-order valence-corrected chi connectivity index (χ3v) is 2.66. The van der Waals surface area contributed by atoms with Crippen molar-refractivity contribution in [2.24, 2.45) is 5.92 Å². The molecule has 1 aromatic carbocycles. The molecule has 0 saturated carbocycles. The van der Waals surface area contributed by atoms with Gasteiger partial charge >= 0.3 is 12.1 Å². The second-order valence-electron chi connectivity index (χ2n) is 4.04. The van der Waals surface area contributed by atoms with Crippen LogP contribution < -0.4 is 5.32 Å². The van der Waals surface area contributed by atoms with Gasteiger partial charge in [0.25, 0.3) is 0 Å². The van der Waals surface area contributed by atoms with E-state index in [9.17, 15) is 9.59 Å². The lowest BCUT2D eigenvalue weighted by molar-refractivity contribution is -0.149. The number of aliphatic carboxylic acids is 1. The lowest BCUT2D eigenvalue weighted by Gasteiger charge is -2.19. The lowest BCUT2D eigenvalue weighted by atomic mass is 10.0. The number of carbonyl (C=O) groups is 2. The first-order valence-corrected chi connectivity index (χ1v) is 5.80. The highest BCUT2D eigenvalue weighted by Gasteiger charge is 2.27. The molecule has 5 nitrogen and oxygen atoms in total. The van der Waals surface area contributed by atoms with Gasteiger partial charge in [0.15, 0.2) is 0 Å². The van der Waals surface area contributed by atoms with Gasteiger partial charge in [-0.05, 0) is 18.6 Å². The minimum atomic E-state index is -1.13. The van der Waals surface area contributed by atoms with Crippen LogP contribution in [0, 0.1) is 5.92 Å². The van der Waals surface area contributed by atoms with Crippen molar-refractivity contribution in [1.29, 1.82) is 0 Å². The van der Waals surface area contributed by atoms with Gasteiger partial charge in [-0.2, -0.15) is 0 Å². The van der Waals surface area contributed by atoms with Crippen molar-refractivity contribution in [1.82, 2.24) is 0 Å². The Labute approximate surface area is 106 Å². The molecule has 5 heteroatoms. The van der Waals surface area contributed by atoms with Gasteiger partial charge in [0.05, 0.1) is 0 Å². The molecule has 1 aromatic rings. The number of hydrogen-bond donors (Lipinski definition) is 2. The van der Waals surface area contributed by atoms with Gasteiger partial charge in [-0.3, -0.25) is 5.32 Å². The summed E-state index contributed by atoms with van der Waals surface area (Å²) in [6, 6.07) is 8.73. The molecule has 18 heavy (non-hydrogen) atoms. The van der Waals surface area contributed by atoms with Crippen molar-refractivity contribution in [3.8, 4) is 0 Å². The van der Waals surface area contributed by atoms with Crippen molar-refractivity contribution >= 4 is 17.7 Å². The molecule has 98 valence electrons. The SMILES string of the molecule is CC[C@@H](C)[C@H](OC(=O)Nc1ccccc1)C(=O)O. The smallest absolute Gasteiger partial charge is 0.412 e. The summed E-state index contributed by atoms with van der Waals surface area (Å²) in [6.45, 7) is 3.58. The summed E-state index contributed by atoms with van der Waals surface area (Å²) >= 11 is 0. The van der Waals surface area contributed by atoms with E-state index in [2.05, 4.69) is 5.32 Å². The largest absolute Gasteiger partial charge is 0.478 e. The third kappa shape index (κ3) is 4.08. The standard InChI is InChI=1S/C13H17NO4/c1-3-9(2)11(12(15)16)18-13(17)14-10-7-5-4-6-8-10/h4-9,11H,3H2,1-2H3,(H,14,17)(H,15,16)/t9-,11+/m1/s1. The molecule has 0 spiro atoms. The van der Waals surface area contributed by atoms with Crippen LogP contribution in [0.15, 0.2) is 30.3 Å². The van der Waals surface area contributed by atoms with E-state index in [1.165, 1.54) is 0 Å². The number of para-hydroxylation sites is 1. The Hall–Kier alpha value is -2.04. The van der Waals surface area contributed by atoms with Crippen LogP contribution in [-0.2, 0) is 9.53 Å². The number of benzene rings is 1. The lowest BCUT2D eigenvalue weighted by Crippen LogP contribution is -2.34. The molecule has 0 bridgehead atoms. The molecule has 0 aliphatic carbocycles. The zero-order valence-corrected chi connectivity index (χ0v) is 10.4. The number of hydrogen-bond acceptors (Lipinski definition) is 3. The Morgan fingerprint density at radius 1 is 1.33 bits per heavy atom. The molecule has 0 aliphatic heterocycles. The second-order valence-corrected chi connectivity index (χ2v) is 4.04. The highest BCUT2D eigenvalue weighted by molar-refractivity contribution is 5.86. The predicted octanol–water partition coefficient (Wildman–Crippen LogP) is 2.73. The summed E-state index contributed by atoms with van der Waals surface area (Å²) in [5.74, 6) is -1.36. The molecule has 0 fully saturated rings. The highest BCUT2D eigenvalue weighted by atomic mass is 16.6. The van der Waals surface area contributed by atoms with E-state index in [0.717, 1.165) is 0 Å². The highest BCUT2D eigenvalue weighted by Crippen LogP contribution is 2.13. The summed E-state index contributed by atoms with van der Waals surface area (Å²) in [6.07, 6.45) is -1.26. The number of nitrogens with one attached hydrogen (secondary N) is 1. The Kier molecular flexibility index (Phi) is 5.17. The van der Waals surface area contributed by atoms with Gasteiger partial charge in [-0.15, -0.1) is 0 Å². The van der Waals surface area contributed by atoms with Crippen LogP contribution in [-0.4, -0.2) is 23.3 Å². The van der Waals surface area contributed by atoms with Crippen molar-refractivity contribution in [2.45, 2.75) is 26.4 Å². The average molecular weight is 251 g/mol. The fraction of sp³-hybridized carbons (Fsp3) is 0.385. The van der Waals surface area contributed by atoms with Gasteiger partial charge in [0.2, 0.25) is 6.10 Å². The Bertz CT molecular complexity index is 405. The van der Waals surface area contributed by atoms with E-state index >= 15 is 0 Å². The van der Waals surface area contributed by atoms with E-state index in [1.54, 1.807) is 31.2 Å². The van der Waals surface area contributed by atoms with E-state index in [1.807, 2.05) is 13.0 Å². The summed E-state index contributed by atoms with van der Waals surface area (Å²) in [4.78, 5) is 22.5. The van der Waals surface area contributed by atoms with Crippen LogP contribution in [0.1, 0.15) is 20.3 Å². The van der Waals surface area contributed by atoms with Crippen LogP contribution in [0.2, 0.25) is 0 Å². The Balaban J connectivity index is 2.60. The first-order chi connectivity index (χ1) is 8.54. The molecule has 2 atom stereocenters. The molecule has 0 unspecified atom stereocenters. The van der Waals surface area contributed by atoms with Crippen molar-refractivity contribution in [2.75, 3.05) is 5.32 Å². The summed E-state index contributed by atoms with van der Waals surface area (Å²) < 4.78 is 4.92. The number of carboxylic acid groups (broad SMARTS) is 1. The number of ether oxygens (including phenoxy) is 1. The maximum absolute atomic E-state index is 11.6. The van der Waals surface area contributed by atoms with Gasteiger partial charge in [-0.25, -0.2) is 9.59 Å². The summed E-state index contributed by atoms with van der Waals surface area (Å²) in [7, 11) is 0. The normalized spacial score (nSPS) is 13.4. The van der Waals surface area contributed by atoms with E-state index in [0.29, 0.717) is 12.1 Å². The van der Waals surface area contributed by atoms with Gasteiger partial charge in [0, 0.05) is 11.6 Å². The van der Waals surface area contributed by atoms with E-state index in [-0.39, 0.29) is 5.92 Å². The molecular weight excluding hydrogens is 234 g/mol. The van der Waals surface area contributed by atoms with Crippen molar-refractivity contribution in [3.63, 3.8) is 0 Å². The average Bonchev–Trinajstić information content (AvgIpc) is 2.36. The fourth-order valence-corrected chi connectivity index (χ4v) is 1.41. The van der Waals surface area contributed by atoms with E-state index in [4.69, 9.17) is 9.84 Å². The number of amides is 1. The van der Waals surface area contributed by atoms with Crippen LogP contribution in [0.3, 0.4) is 0 Å². The molecule has 1 amide bonds. The van der Waals surface area contributed by atoms with Crippen molar-refractivity contribution < 1.29 is 19.4 Å². The van der Waals surface area contributed by atoms with Crippen LogP contribution in [0.4, 0.5) is 10.5 Å².